The van der Waals surface area contributed by atoms with E-state index in [9.17, 15) is 14.8 Å². The molecule has 9 nitrogen and oxygen atoms in total. The van der Waals surface area contributed by atoms with E-state index in [1.807, 2.05) is 0 Å². The number of carbonyl (C=O) groups excluding carboxylic acids is 1. The number of aromatic amines is 1. The predicted molar refractivity (Wildman–Crippen MR) is 91.1 cm³/mol. The maximum atomic E-state index is 11.9. The van der Waals surface area contributed by atoms with E-state index in [0.717, 1.165) is 22.3 Å². The van der Waals surface area contributed by atoms with Crippen molar-refractivity contribution in [2.75, 3.05) is 21.3 Å². The third-order valence-corrected chi connectivity index (χ3v) is 3.84. The Balaban J connectivity index is 1.90. The number of H-pyrrole nitrogens is 1. The lowest BCUT2D eigenvalue weighted by Gasteiger charge is -2.12. The number of thioether (sulfide) groups is 1. The first-order chi connectivity index (χ1) is 11.0. The molecule has 1 heterocycles. The summed E-state index contributed by atoms with van der Waals surface area (Å²) in [6.45, 7) is 0. The number of nitrogen functional groups attached to an aromatic ring is 1. The van der Waals surface area contributed by atoms with Crippen molar-refractivity contribution in [3.05, 3.63) is 40.7 Å². The van der Waals surface area contributed by atoms with Crippen molar-refractivity contribution >= 4 is 47.0 Å². The highest BCUT2D eigenvalue weighted by Gasteiger charge is 2.07. The average Bonchev–Trinajstić information content (AvgIpc) is 2.52. The maximum absolute atomic E-state index is 11.9. The molecule has 2 aromatic rings. The van der Waals surface area contributed by atoms with Gasteiger partial charge in [0.05, 0.1) is 23.6 Å². The number of anilines is 3. The normalized spacial score (nSPS) is 10.3. The molecular weight excluding hydrogens is 340 g/mol. The van der Waals surface area contributed by atoms with Crippen molar-refractivity contribution in [3.63, 3.8) is 0 Å². The lowest BCUT2D eigenvalue weighted by Crippen LogP contribution is -2.16. The summed E-state index contributed by atoms with van der Waals surface area (Å²) in [7, 11) is 0. The van der Waals surface area contributed by atoms with E-state index < -0.39 is 0 Å². The van der Waals surface area contributed by atoms with Gasteiger partial charge in [0.15, 0.2) is 5.16 Å². The van der Waals surface area contributed by atoms with Crippen LogP contribution in [0.25, 0.3) is 0 Å². The lowest BCUT2D eigenvalue weighted by atomic mass is 10.3. The highest BCUT2D eigenvalue weighted by molar-refractivity contribution is 7.99. The molecule has 0 unspecified atom stereocenters. The Bertz CT molecular complexity index is 736. The first-order valence-electron chi connectivity index (χ1n) is 6.23. The van der Waals surface area contributed by atoms with Crippen molar-refractivity contribution in [3.8, 4) is 0 Å². The number of nitrogens with two attached hydrogens (primary N) is 2. The predicted octanol–water partition coefficient (Wildman–Crippen LogP) is 0.800. The highest BCUT2D eigenvalue weighted by atomic mass is 32.2. The molecule has 0 saturated heterocycles. The Hall–Kier alpha value is -2.21. The van der Waals surface area contributed by atoms with E-state index in [2.05, 4.69) is 15.3 Å². The van der Waals surface area contributed by atoms with Crippen molar-refractivity contribution in [1.29, 1.82) is 0 Å². The van der Waals surface area contributed by atoms with E-state index in [1.54, 1.807) is 24.3 Å². The molecule has 0 radical (unpaired) electrons. The SMILES string of the molecule is NSN(O)c1ccc(NC(=O)CSc2nc(N)cc(=O)[nH]2)cc1. The second kappa shape index (κ2) is 7.87. The first kappa shape index (κ1) is 17.1. The summed E-state index contributed by atoms with van der Waals surface area (Å²) in [6, 6.07) is 7.60. The van der Waals surface area contributed by atoms with Crippen LogP contribution in [0.5, 0.6) is 0 Å². The van der Waals surface area contributed by atoms with Crippen LogP contribution in [0.4, 0.5) is 17.2 Å². The molecule has 7 N–H and O–H groups in total. The average molecular weight is 354 g/mol. The maximum Gasteiger partial charge on any atom is 0.253 e. The fourth-order valence-electron chi connectivity index (χ4n) is 1.59. The standard InChI is InChI=1S/C12H14N6O3S2/c13-9-5-10(19)17-12(16-9)22-6-11(20)15-7-1-3-8(4-2-7)18(21)23-14/h1-5,21H,6,14H2,(H,15,20)(H3,13,16,17,19). The third kappa shape index (κ3) is 5.17. The molecule has 11 heteroatoms. The van der Waals surface area contributed by atoms with E-state index in [4.69, 9.17) is 10.9 Å². The van der Waals surface area contributed by atoms with E-state index in [0.29, 0.717) is 23.5 Å². The van der Waals surface area contributed by atoms with Gasteiger partial charge < -0.3 is 16.0 Å². The summed E-state index contributed by atoms with van der Waals surface area (Å²) in [4.78, 5) is 29.5. The van der Waals surface area contributed by atoms with Crippen LogP contribution in [0.15, 0.2) is 40.3 Å². The van der Waals surface area contributed by atoms with Crippen LogP contribution in [-0.4, -0.2) is 26.8 Å². The molecule has 0 aliphatic rings. The molecule has 0 spiro atoms. The van der Waals surface area contributed by atoms with Crippen molar-refractivity contribution in [1.82, 2.24) is 9.97 Å². The van der Waals surface area contributed by atoms with Crippen molar-refractivity contribution < 1.29 is 10.0 Å². The smallest absolute Gasteiger partial charge is 0.253 e. The molecule has 1 amide bonds. The number of hydrogen-bond acceptors (Lipinski definition) is 9. The molecule has 2 rings (SSSR count). The van der Waals surface area contributed by atoms with Gasteiger partial charge in [-0.3, -0.25) is 19.9 Å². The number of nitrogens with zero attached hydrogens (tertiary/aromatic N) is 2. The van der Waals surface area contributed by atoms with Crippen LogP contribution in [0.3, 0.4) is 0 Å². The van der Waals surface area contributed by atoms with Gasteiger partial charge in [-0.25, -0.2) is 4.98 Å². The molecule has 0 saturated carbocycles. The molecule has 0 atom stereocenters. The summed E-state index contributed by atoms with van der Waals surface area (Å²) in [5.74, 6) is -0.126. The minimum Gasteiger partial charge on any atom is -0.383 e. The summed E-state index contributed by atoms with van der Waals surface area (Å²) in [5, 5.41) is 17.6. The Kier molecular flexibility index (Phi) is 5.87. The topological polar surface area (TPSA) is 150 Å². The van der Waals surface area contributed by atoms with Crippen molar-refractivity contribution in [2.24, 2.45) is 5.14 Å². The summed E-state index contributed by atoms with van der Waals surface area (Å²) < 4.78 is 0.795. The number of rotatable bonds is 6. The second-order valence-electron chi connectivity index (χ2n) is 4.24. The molecular formula is C12H14N6O3S2. The van der Waals surface area contributed by atoms with E-state index in [1.165, 1.54) is 0 Å². The summed E-state index contributed by atoms with van der Waals surface area (Å²) in [6.07, 6.45) is 0. The van der Waals surface area contributed by atoms with Crippen LogP contribution in [0, 0.1) is 0 Å². The molecule has 0 aliphatic heterocycles. The Morgan fingerprint density at radius 3 is 2.70 bits per heavy atom. The van der Waals surface area contributed by atoms with Crippen LogP contribution in [-0.2, 0) is 4.79 Å². The summed E-state index contributed by atoms with van der Waals surface area (Å²) in [5.41, 5.74) is 6.12. The van der Waals surface area contributed by atoms with Gasteiger partial charge in [0.1, 0.15) is 5.82 Å². The molecule has 1 aromatic carbocycles. The number of benzene rings is 1. The van der Waals surface area contributed by atoms with Crippen LogP contribution < -0.4 is 26.2 Å². The molecule has 1 aromatic heterocycles. The van der Waals surface area contributed by atoms with Gasteiger partial charge in [0.25, 0.3) is 5.56 Å². The first-order valence-corrected chi connectivity index (χ1v) is 8.05. The molecule has 0 fully saturated rings. The van der Waals surface area contributed by atoms with Gasteiger partial charge in [-0.2, -0.15) is 4.47 Å². The quantitative estimate of drug-likeness (QED) is 0.219. The minimum absolute atomic E-state index is 0.0545. The second-order valence-corrected chi connectivity index (χ2v) is 5.76. The zero-order chi connectivity index (χ0) is 16.8. The molecule has 23 heavy (non-hydrogen) atoms. The largest absolute Gasteiger partial charge is 0.383 e. The lowest BCUT2D eigenvalue weighted by molar-refractivity contribution is -0.113. The number of carbonyl (C=O) groups is 1. The Morgan fingerprint density at radius 2 is 2.09 bits per heavy atom. The zero-order valence-corrected chi connectivity index (χ0v) is 13.4. The minimum atomic E-state index is -0.373. The van der Waals surface area contributed by atoms with Gasteiger partial charge in [-0.05, 0) is 24.3 Å². The van der Waals surface area contributed by atoms with Gasteiger partial charge in [-0.1, -0.05) is 11.8 Å². The number of nitrogens with one attached hydrogen (secondary N) is 2. The zero-order valence-electron chi connectivity index (χ0n) is 11.7. The third-order valence-electron chi connectivity index (χ3n) is 2.55. The van der Waals surface area contributed by atoms with Gasteiger partial charge in [0, 0.05) is 11.8 Å². The molecule has 0 aliphatic carbocycles. The fourth-order valence-corrected chi connectivity index (χ4v) is 2.51. The molecule has 122 valence electrons. The van der Waals surface area contributed by atoms with Crippen LogP contribution >= 0.6 is 23.9 Å². The number of amides is 1. The fraction of sp³-hybridized carbons (Fsp3) is 0.0833. The van der Waals surface area contributed by atoms with Gasteiger partial charge in [-0.15, -0.1) is 0 Å². The highest BCUT2D eigenvalue weighted by Crippen LogP contribution is 2.20. The monoisotopic (exact) mass is 354 g/mol. The van der Waals surface area contributed by atoms with Crippen LogP contribution in [0.2, 0.25) is 0 Å². The van der Waals surface area contributed by atoms with Crippen molar-refractivity contribution in [2.45, 2.75) is 5.16 Å². The van der Waals surface area contributed by atoms with Gasteiger partial charge >= 0.3 is 0 Å². The van der Waals surface area contributed by atoms with E-state index in [-0.39, 0.29) is 28.2 Å². The van der Waals surface area contributed by atoms with Crippen LogP contribution in [0.1, 0.15) is 0 Å². The number of aromatic nitrogens is 2. The Labute approximate surface area is 139 Å². The van der Waals surface area contributed by atoms with Gasteiger partial charge in [0.2, 0.25) is 5.91 Å². The summed E-state index contributed by atoms with van der Waals surface area (Å²) >= 11 is 1.72. The van der Waals surface area contributed by atoms with E-state index >= 15 is 0 Å². The molecule has 0 bridgehead atoms. The Morgan fingerprint density at radius 1 is 1.39 bits per heavy atom. The number of hydrogen-bond donors (Lipinski definition) is 5.